The van der Waals surface area contributed by atoms with Gasteiger partial charge in [0.25, 0.3) is 0 Å². The van der Waals surface area contributed by atoms with Crippen LogP contribution in [-0.2, 0) is 0 Å². The first-order valence-electron chi connectivity index (χ1n) is 11.1. The second-order valence-corrected chi connectivity index (χ2v) is 11.4. The van der Waals surface area contributed by atoms with E-state index in [1.54, 1.807) is 0 Å². The minimum atomic E-state index is 0.450. The SMILES string of the molecule is C=C1C=C2C(CCC3(C)C(C(=C)CSCC)CCC23)C2(C)CCCCC12. The van der Waals surface area contributed by atoms with E-state index in [2.05, 4.69) is 51.8 Å². The molecule has 3 fully saturated rings. The van der Waals surface area contributed by atoms with Crippen molar-refractivity contribution in [3.05, 3.63) is 36.0 Å². The zero-order chi connectivity index (χ0) is 18.5. The van der Waals surface area contributed by atoms with Crippen molar-refractivity contribution < 1.29 is 0 Å². The van der Waals surface area contributed by atoms with Crippen molar-refractivity contribution in [2.75, 3.05) is 11.5 Å². The quantitative estimate of drug-likeness (QED) is 0.464. The van der Waals surface area contributed by atoms with Crippen LogP contribution in [0.5, 0.6) is 0 Å². The molecule has 0 saturated heterocycles. The molecule has 144 valence electrons. The van der Waals surface area contributed by atoms with Gasteiger partial charge in [0, 0.05) is 5.75 Å². The molecule has 1 heteroatoms. The van der Waals surface area contributed by atoms with Crippen molar-refractivity contribution in [3.8, 4) is 0 Å². The summed E-state index contributed by atoms with van der Waals surface area (Å²) in [6, 6.07) is 0. The third kappa shape index (κ3) is 2.71. The highest BCUT2D eigenvalue weighted by Gasteiger charge is 2.57. The zero-order valence-electron chi connectivity index (χ0n) is 17.3. The monoisotopic (exact) mass is 370 g/mol. The molecule has 0 nitrogen and oxygen atoms in total. The number of thioether (sulfide) groups is 1. The first-order chi connectivity index (χ1) is 12.4. The van der Waals surface area contributed by atoms with Crippen LogP contribution >= 0.6 is 11.8 Å². The number of hydrogen-bond acceptors (Lipinski definition) is 1. The summed E-state index contributed by atoms with van der Waals surface area (Å²) in [5, 5.41) is 0. The fourth-order valence-electron chi connectivity index (χ4n) is 7.61. The van der Waals surface area contributed by atoms with Gasteiger partial charge in [0.15, 0.2) is 0 Å². The molecule has 0 bridgehead atoms. The number of fused-ring (bicyclic) bond motifs is 5. The van der Waals surface area contributed by atoms with Crippen LogP contribution in [0.1, 0.15) is 72.1 Å². The van der Waals surface area contributed by atoms with E-state index in [9.17, 15) is 0 Å². The van der Waals surface area contributed by atoms with E-state index in [0.717, 1.165) is 23.7 Å². The average Bonchev–Trinajstić information content (AvgIpc) is 2.97. The predicted octanol–water partition coefficient (Wildman–Crippen LogP) is 7.43. The van der Waals surface area contributed by atoms with Crippen molar-refractivity contribution >= 4 is 11.8 Å². The molecule has 6 unspecified atom stereocenters. The third-order valence-electron chi connectivity index (χ3n) is 8.95. The molecule has 0 aromatic rings. The highest BCUT2D eigenvalue weighted by Crippen LogP contribution is 2.67. The fraction of sp³-hybridized carbons (Fsp3) is 0.760. The van der Waals surface area contributed by atoms with Crippen LogP contribution in [0.4, 0.5) is 0 Å². The second-order valence-electron chi connectivity index (χ2n) is 10.1. The minimum absolute atomic E-state index is 0.450. The highest BCUT2D eigenvalue weighted by atomic mass is 32.2. The Bertz CT molecular complexity index is 628. The molecule has 0 amide bonds. The Morgan fingerprint density at radius 3 is 2.58 bits per heavy atom. The van der Waals surface area contributed by atoms with Crippen LogP contribution in [0.2, 0.25) is 0 Å². The van der Waals surface area contributed by atoms with Gasteiger partial charge in [-0.1, -0.05) is 69.6 Å². The van der Waals surface area contributed by atoms with E-state index < -0.39 is 0 Å². The predicted molar refractivity (Wildman–Crippen MR) is 116 cm³/mol. The van der Waals surface area contributed by atoms with Gasteiger partial charge in [0.1, 0.15) is 0 Å². The van der Waals surface area contributed by atoms with Crippen LogP contribution in [0, 0.1) is 34.5 Å². The first kappa shape index (κ1) is 18.9. The van der Waals surface area contributed by atoms with E-state index >= 15 is 0 Å². The highest BCUT2D eigenvalue weighted by molar-refractivity contribution is 7.99. The van der Waals surface area contributed by atoms with Crippen molar-refractivity contribution in [3.63, 3.8) is 0 Å². The van der Waals surface area contributed by atoms with Gasteiger partial charge in [-0.05, 0) is 78.8 Å². The number of hydrogen-bond donors (Lipinski definition) is 0. The van der Waals surface area contributed by atoms with Crippen molar-refractivity contribution in [2.24, 2.45) is 34.5 Å². The Balaban J connectivity index is 1.64. The summed E-state index contributed by atoms with van der Waals surface area (Å²) in [6.07, 6.45) is 13.8. The Hall–Kier alpha value is -0.430. The van der Waals surface area contributed by atoms with Gasteiger partial charge < -0.3 is 0 Å². The van der Waals surface area contributed by atoms with Gasteiger partial charge in [-0.2, -0.15) is 11.8 Å². The molecule has 0 radical (unpaired) electrons. The summed E-state index contributed by atoms with van der Waals surface area (Å²) < 4.78 is 0. The maximum atomic E-state index is 4.57. The standard InChI is InChI=1S/C25H38S/c1-6-26-16-18(3)21-10-11-22-19-15-17(2)20-9-7-8-13-24(20,4)23(19)12-14-25(21,22)5/h15,20-23H,2-3,6-14,16H2,1,4-5H3. The van der Waals surface area contributed by atoms with Gasteiger partial charge in [-0.15, -0.1) is 0 Å². The van der Waals surface area contributed by atoms with E-state index in [1.165, 1.54) is 74.0 Å². The summed E-state index contributed by atoms with van der Waals surface area (Å²) in [5.74, 6) is 5.47. The molecular formula is C25H38S. The molecule has 0 N–H and O–H groups in total. The molecule has 4 rings (SSSR count). The second kappa shape index (κ2) is 6.87. The molecule has 0 aromatic heterocycles. The van der Waals surface area contributed by atoms with Crippen LogP contribution in [-0.4, -0.2) is 11.5 Å². The third-order valence-corrected chi connectivity index (χ3v) is 9.93. The summed E-state index contributed by atoms with van der Waals surface area (Å²) in [6.45, 7) is 16.6. The molecule has 4 aliphatic carbocycles. The van der Waals surface area contributed by atoms with E-state index in [0.29, 0.717) is 10.8 Å². The molecule has 6 atom stereocenters. The summed E-state index contributed by atoms with van der Waals surface area (Å²) in [4.78, 5) is 0. The largest absolute Gasteiger partial charge is 0.158 e. The number of allylic oxidation sites excluding steroid dienone is 3. The molecule has 0 aliphatic heterocycles. The van der Waals surface area contributed by atoms with E-state index in [-0.39, 0.29) is 0 Å². The molecule has 4 aliphatic rings. The van der Waals surface area contributed by atoms with E-state index in [4.69, 9.17) is 0 Å². The summed E-state index contributed by atoms with van der Waals surface area (Å²) >= 11 is 2.05. The Morgan fingerprint density at radius 1 is 1.04 bits per heavy atom. The van der Waals surface area contributed by atoms with Gasteiger partial charge in [-0.25, -0.2) is 0 Å². The lowest BCUT2D eigenvalue weighted by molar-refractivity contribution is 0.0197. The number of rotatable bonds is 4. The Labute approximate surface area is 166 Å². The van der Waals surface area contributed by atoms with Gasteiger partial charge in [0.05, 0.1) is 0 Å². The molecule has 0 heterocycles. The average molecular weight is 371 g/mol. The normalized spacial score (nSPS) is 44.7. The van der Waals surface area contributed by atoms with E-state index in [1.807, 2.05) is 5.57 Å². The lowest BCUT2D eigenvalue weighted by Gasteiger charge is -2.57. The van der Waals surface area contributed by atoms with Crippen LogP contribution < -0.4 is 0 Å². The van der Waals surface area contributed by atoms with Crippen LogP contribution in [0.25, 0.3) is 0 Å². The topological polar surface area (TPSA) is 0 Å². The zero-order valence-corrected chi connectivity index (χ0v) is 18.1. The van der Waals surface area contributed by atoms with Crippen molar-refractivity contribution in [2.45, 2.75) is 72.1 Å². The summed E-state index contributed by atoms with van der Waals surface area (Å²) in [7, 11) is 0. The molecule has 26 heavy (non-hydrogen) atoms. The van der Waals surface area contributed by atoms with Gasteiger partial charge in [0.2, 0.25) is 0 Å². The minimum Gasteiger partial charge on any atom is -0.158 e. The molecular weight excluding hydrogens is 332 g/mol. The van der Waals surface area contributed by atoms with Gasteiger partial charge in [-0.3, -0.25) is 0 Å². The molecule has 0 spiro atoms. The molecule has 3 saturated carbocycles. The van der Waals surface area contributed by atoms with Crippen molar-refractivity contribution in [1.29, 1.82) is 0 Å². The fourth-order valence-corrected chi connectivity index (χ4v) is 8.28. The lowest BCUT2D eigenvalue weighted by atomic mass is 9.47. The lowest BCUT2D eigenvalue weighted by Crippen LogP contribution is -2.48. The first-order valence-corrected chi connectivity index (χ1v) is 12.2. The maximum absolute atomic E-state index is 4.57. The smallest absolute Gasteiger partial charge is 0.0143 e. The Kier molecular flexibility index (Phi) is 5.00. The Morgan fingerprint density at radius 2 is 1.81 bits per heavy atom. The maximum Gasteiger partial charge on any atom is 0.0143 e. The van der Waals surface area contributed by atoms with Crippen LogP contribution in [0.3, 0.4) is 0 Å². The van der Waals surface area contributed by atoms with Gasteiger partial charge >= 0.3 is 0 Å². The molecule has 0 aromatic carbocycles. The van der Waals surface area contributed by atoms with Crippen LogP contribution in [0.15, 0.2) is 36.0 Å². The summed E-state index contributed by atoms with van der Waals surface area (Å²) in [5.41, 5.74) is 5.74. The van der Waals surface area contributed by atoms with Crippen molar-refractivity contribution in [1.82, 2.24) is 0 Å².